The van der Waals surface area contributed by atoms with Gasteiger partial charge < -0.3 is 5.32 Å². The summed E-state index contributed by atoms with van der Waals surface area (Å²) < 4.78 is 29.3. The molecule has 0 atom stereocenters. The van der Waals surface area contributed by atoms with Crippen LogP contribution in [0.2, 0.25) is 0 Å². The fourth-order valence-corrected chi connectivity index (χ4v) is 6.17. The normalized spacial score (nSPS) is 16.6. The van der Waals surface area contributed by atoms with Gasteiger partial charge in [0.15, 0.2) is 0 Å². The van der Waals surface area contributed by atoms with Crippen LogP contribution in [0.25, 0.3) is 0 Å². The van der Waals surface area contributed by atoms with Gasteiger partial charge in [0.1, 0.15) is 5.01 Å². The number of aryl methyl sites for hydroxylation is 2. The zero-order valence-electron chi connectivity index (χ0n) is 15.1. The van der Waals surface area contributed by atoms with Crippen molar-refractivity contribution in [2.75, 3.05) is 5.32 Å². The van der Waals surface area contributed by atoms with Gasteiger partial charge in [-0.3, -0.25) is 4.79 Å². The number of benzene rings is 1. The minimum absolute atomic E-state index is 0.184. The van der Waals surface area contributed by atoms with E-state index in [1.54, 1.807) is 19.1 Å². The van der Waals surface area contributed by atoms with E-state index in [2.05, 4.69) is 15.0 Å². The molecule has 0 bridgehead atoms. The van der Waals surface area contributed by atoms with Crippen LogP contribution in [0.5, 0.6) is 0 Å². The Balaban J connectivity index is 1.98. The summed E-state index contributed by atoms with van der Waals surface area (Å²) in [5.74, 6) is -0.240. The summed E-state index contributed by atoms with van der Waals surface area (Å²) in [5, 5.41) is 5.42. The number of rotatable bonds is 5. The minimum atomic E-state index is -3.76. The molecule has 2 aromatic rings. The molecule has 0 spiro atoms. The van der Waals surface area contributed by atoms with Crippen molar-refractivity contribution in [3.05, 3.63) is 39.8 Å². The van der Waals surface area contributed by atoms with Gasteiger partial charge in [0.05, 0.1) is 10.4 Å². The maximum absolute atomic E-state index is 13.2. The molecule has 1 saturated carbocycles. The lowest BCUT2D eigenvalue weighted by molar-refractivity contribution is -0.114. The topological polar surface area (TPSA) is 88.2 Å². The van der Waals surface area contributed by atoms with E-state index in [1.807, 2.05) is 12.3 Å². The van der Waals surface area contributed by atoms with Crippen LogP contribution in [0, 0.1) is 13.8 Å². The molecular weight excluding hydrogens is 370 g/mol. The lowest BCUT2D eigenvalue weighted by atomic mass is 10.0. The van der Waals surface area contributed by atoms with Crippen molar-refractivity contribution in [2.45, 2.75) is 56.9 Å². The van der Waals surface area contributed by atoms with Crippen LogP contribution in [0.3, 0.4) is 0 Å². The molecule has 3 rings (SSSR count). The van der Waals surface area contributed by atoms with Gasteiger partial charge in [-0.2, -0.15) is 4.72 Å². The zero-order valence-corrected chi connectivity index (χ0v) is 16.8. The number of hydrogen-bond acceptors (Lipinski definition) is 5. The quantitative estimate of drug-likeness (QED) is 0.814. The minimum Gasteiger partial charge on any atom is -0.326 e. The average Bonchev–Trinajstić information content (AvgIpc) is 3.18. The SMILES string of the molecule is CC(=O)Nc1ccc(C)c(S(=O)(=O)NC2(c3nc(C)cs3)CCCC2)c1. The van der Waals surface area contributed by atoms with Crippen LogP contribution in [-0.4, -0.2) is 19.3 Å². The number of amides is 1. The third-order valence-corrected chi connectivity index (χ3v) is 7.46. The third-order valence-electron chi connectivity index (χ3n) is 4.61. The van der Waals surface area contributed by atoms with Crippen LogP contribution in [0.1, 0.15) is 48.9 Å². The van der Waals surface area contributed by atoms with Gasteiger partial charge in [0.2, 0.25) is 15.9 Å². The molecule has 1 aliphatic rings. The molecule has 0 radical (unpaired) electrons. The summed E-state index contributed by atoms with van der Waals surface area (Å²) in [7, 11) is -3.76. The van der Waals surface area contributed by atoms with Crippen LogP contribution in [0.4, 0.5) is 5.69 Å². The van der Waals surface area contributed by atoms with Gasteiger partial charge in [-0.05, 0) is 44.4 Å². The molecule has 0 aliphatic heterocycles. The van der Waals surface area contributed by atoms with Crippen LogP contribution in [0.15, 0.2) is 28.5 Å². The molecule has 8 heteroatoms. The van der Waals surface area contributed by atoms with Crippen molar-refractivity contribution in [3.8, 4) is 0 Å². The van der Waals surface area contributed by atoms with Crippen molar-refractivity contribution in [1.29, 1.82) is 0 Å². The maximum Gasteiger partial charge on any atom is 0.241 e. The van der Waals surface area contributed by atoms with E-state index in [4.69, 9.17) is 0 Å². The van der Waals surface area contributed by atoms with E-state index in [-0.39, 0.29) is 10.8 Å². The van der Waals surface area contributed by atoms with Gasteiger partial charge in [0.25, 0.3) is 0 Å². The Labute approximate surface area is 158 Å². The van der Waals surface area contributed by atoms with Crippen LogP contribution >= 0.6 is 11.3 Å². The molecular formula is C18H23N3O3S2. The Hall–Kier alpha value is -1.77. The third kappa shape index (κ3) is 3.82. The van der Waals surface area contributed by atoms with Gasteiger partial charge in [-0.15, -0.1) is 11.3 Å². The van der Waals surface area contributed by atoms with Crippen molar-refractivity contribution in [3.63, 3.8) is 0 Å². The summed E-state index contributed by atoms with van der Waals surface area (Å²) in [6, 6.07) is 4.91. The van der Waals surface area contributed by atoms with Gasteiger partial charge in [-0.1, -0.05) is 18.9 Å². The molecule has 1 amide bonds. The summed E-state index contributed by atoms with van der Waals surface area (Å²) in [6.45, 7) is 5.06. The number of carbonyl (C=O) groups excluding carboxylic acids is 1. The predicted molar refractivity (Wildman–Crippen MR) is 103 cm³/mol. The first-order valence-corrected chi connectivity index (χ1v) is 10.9. The predicted octanol–water partition coefficient (Wildman–Crippen LogP) is 3.47. The van der Waals surface area contributed by atoms with Gasteiger partial charge >= 0.3 is 0 Å². The molecule has 1 aromatic carbocycles. The number of aromatic nitrogens is 1. The lowest BCUT2D eigenvalue weighted by Gasteiger charge is -2.28. The lowest BCUT2D eigenvalue weighted by Crippen LogP contribution is -2.43. The first kappa shape index (κ1) is 19.0. The fourth-order valence-electron chi connectivity index (χ4n) is 3.39. The van der Waals surface area contributed by atoms with Crippen LogP contribution in [-0.2, 0) is 20.4 Å². The highest BCUT2D eigenvalue weighted by molar-refractivity contribution is 7.89. The molecule has 140 valence electrons. The Morgan fingerprint density at radius 1 is 1.23 bits per heavy atom. The molecule has 6 nitrogen and oxygen atoms in total. The highest BCUT2D eigenvalue weighted by Crippen LogP contribution is 2.41. The number of sulfonamides is 1. The summed E-state index contributed by atoms with van der Waals surface area (Å²) in [5.41, 5.74) is 1.36. The number of anilines is 1. The van der Waals surface area contributed by atoms with E-state index >= 15 is 0 Å². The molecule has 1 aromatic heterocycles. The number of thiazole rings is 1. The van der Waals surface area contributed by atoms with E-state index in [9.17, 15) is 13.2 Å². The first-order valence-electron chi connectivity index (χ1n) is 8.57. The summed E-state index contributed by atoms with van der Waals surface area (Å²) in [6.07, 6.45) is 3.41. The first-order chi connectivity index (χ1) is 12.2. The smallest absolute Gasteiger partial charge is 0.241 e. The van der Waals surface area contributed by atoms with Crippen LogP contribution < -0.4 is 10.0 Å². The Bertz CT molecular complexity index is 929. The molecule has 26 heavy (non-hydrogen) atoms. The monoisotopic (exact) mass is 393 g/mol. The fraction of sp³-hybridized carbons (Fsp3) is 0.444. The van der Waals surface area contributed by atoms with Crippen molar-refractivity contribution >= 4 is 33.0 Å². The second-order valence-electron chi connectivity index (χ2n) is 6.85. The largest absolute Gasteiger partial charge is 0.326 e. The Morgan fingerprint density at radius 2 is 1.92 bits per heavy atom. The molecule has 1 aliphatic carbocycles. The number of hydrogen-bond donors (Lipinski definition) is 2. The van der Waals surface area contributed by atoms with Crippen molar-refractivity contribution in [1.82, 2.24) is 9.71 Å². The second-order valence-corrected chi connectivity index (χ2v) is 9.36. The Morgan fingerprint density at radius 3 is 2.50 bits per heavy atom. The highest BCUT2D eigenvalue weighted by atomic mass is 32.2. The highest BCUT2D eigenvalue weighted by Gasteiger charge is 2.42. The molecule has 1 fully saturated rings. The number of nitrogens with zero attached hydrogens (tertiary/aromatic N) is 1. The van der Waals surface area contributed by atoms with E-state index < -0.39 is 15.6 Å². The molecule has 2 N–H and O–H groups in total. The molecule has 0 unspecified atom stereocenters. The van der Waals surface area contributed by atoms with E-state index in [0.717, 1.165) is 36.4 Å². The van der Waals surface area contributed by atoms with Gasteiger partial charge in [0, 0.05) is 23.7 Å². The van der Waals surface area contributed by atoms with Crippen molar-refractivity contribution in [2.24, 2.45) is 0 Å². The molecule has 0 saturated heterocycles. The number of nitrogens with one attached hydrogen (secondary N) is 2. The second kappa shape index (κ2) is 7.09. The number of carbonyl (C=O) groups is 1. The zero-order chi connectivity index (χ0) is 18.9. The molecule has 1 heterocycles. The standard InChI is InChI=1S/C18H23N3O3S2/c1-12-6-7-15(20-14(3)22)10-16(12)26(23,24)21-18(8-4-5-9-18)17-19-13(2)11-25-17/h6-7,10-11,21H,4-5,8-9H2,1-3H3,(H,20,22). The average molecular weight is 394 g/mol. The van der Waals surface area contributed by atoms with E-state index in [1.165, 1.54) is 24.3 Å². The summed E-state index contributed by atoms with van der Waals surface area (Å²) >= 11 is 1.50. The van der Waals surface area contributed by atoms with E-state index in [0.29, 0.717) is 11.3 Å². The van der Waals surface area contributed by atoms with Crippen molar-refractivity contribution < 1.29 is 13.2 Å². The maximum atomic E-state index is 13.2. The summed E-state index contributed by atoms with van der Waals surface area (Å²) in [4.78, 5) is 16.0. The Kier molecular flexibility index (Phi) is 5.18. The van der Waals surface area contributed by atoms with Gasteiger partial charge in [-0.25, -0.2) is 13.4 Å².